The molecule has 1 aliphatic rings. The Hall–Kier alpha value is -1.81. The third kappa shape index (κ3) is 3.02. The number of carbonyl (C=O) groups excluding carboxylic acids is 1. The number of esters is 1. The van der Waals surface area contributed by atoms with E-state index >= 15 is 0 Å². The molecule has 0 atom stereocenters. The van der Waals surface area contributed by atoms with Crippen LogP contribution < -0.4 is 10.4 Å². The van der Waals surface area contributed by atoms with Crippen LogP contribution in [0.4, 0.5) is 0 Å². The van der Waals surface area contributed by atoms with Crippen LogP contribution in [0.15, 0.2) is 27.4 Å². The van der Waals surface area contributed by atoms with Gasteiger partial charge in [-0.1, -0.05) is 30.9 Å². The molecule has 1 fully saturated rings. The fourth-order valence-electron chi connectivity index (χ4n) is 2.93. The van der Waals surface area contributed by atoms with Crippen molar-refractivity contribution in [2.24, 2.45) is 5.92 Å². The highest BCUT2D eigenvalue weighted by Gasteiger charge is 2.24. The van der Waals surface area contributed by atoms with Crippen molar-refractivity contribution < 1.29 is 13.9 Å². The predicted octanol–water partition coefficient (Wildman–Crippen LogP) is 4.24. The summed E-state index contributed by atoms with van der Waals surface area (Å²) in [6.07, 6.45) is 5.00. The summed E-state index contributed by atoms with van der Waals surface area (Å²) in [6.45, 7) is 1.81. The van der Waals surface area contributed by atoms with Gasteiger partial charge in [-0.05, 0) is 31.4 Å². The summed E-state index contributed by atoms with van der Waals surface area (Å²) in [4.78, 5) is 23.7. The second-order valence-corrected chi connectivity index (χ2v) is 6.19. The number of fused-ring (bicyclic) bond motifs is 1. The van der Waals surface area contributed by atoms with Crippen LogP contribution in [0.2, 0.25) is 5.02 Å². The van der Waals surface area contributed by atoms with E-state index < -0.39 is 5.63 Å². The molecule has 0 bridgehead atoms. The van der Waals surface area contributed by atoms with E-state index in [1.165, 1.54) is 18.6 Å². The molecule has 22 heavy (non-hydrogen) atoms. The fourth-order valence-corrected chi connectivity index (χ4v) is 3.13. The lowest BCUT2D eigenvalue weighted by atomic mass is 9.89. The molecule has 116 valence electrons. The molecule has 1 aromatic heterocycles. The number of hydrogen-bond acceptors (Lipinski definition) is 4. The van der Waals surface area contributed by atoms with Crippen LogP contribution in [0.3, 0.4) is 0 Å². The highest BCUT2D eigenvalue weighted by molar-refractivity contribution is 6.33. The summed E-state index contributed by atoms with van der Waals surface area (Å²) >= 11 is 6.20. The zero-order chi connectivity index (χ0) is 15.7. The van der Waals surface area contributed by atoms with E-state index in [9.17, 15) is 9.59 Å². The van der Waals surface area contributed by atoms with Crippen molar-refractivity contribution in [3.05, 3.63) is 39.2 Å². The van der Waals surface area contributed by atoms with E-state index in [1.807, 2.05) is 6.92 Å². The topological polar surface area (TPSA) is 56.5 Å². The van der Waals surface area contributed by atoms with E-state index in [1.54, 1.807) is 6.07 Å². The summed E-state index contributed by atoms with van der Waals surface area (Å²) in [5.41, 5.74) is 0.719. The lowest BCUT2D eigenvalue weighted by Crippen LogP contribution is -2.22. The van der Waals surface area contributed by atoms with Gasteiger partial charge in [0.15, 0.2) is 5.75 Å². The van der Waals surface area contributed by atoms with Gasteiger partial charge in [0.25, 0.3) is 0 Å². The molecule has 2 aromatic rings. The average Bonchev–Trinajstić information content (AvgIpc) is 2.50. The Morgan fingerprint density at radius 1 is 1.23 bits per heavy atom. The Labute approximate surface area is 133 Å². The van der Waals surface area contributed by atoms with E-state index in [4.69, 9.17) is 20.8 Å². The first-order valence-corrected chi connectivity index (χ1v) is 7.88. The number of aryl methyl sites for hydroxylation is 1. The van der Waals surface area contributed by atoms with Gasteiger partial charge in [-0.25, -0.2) is 4.79 Å². The Morgan fingerprint density at radius 3 is 2.68 bits per heavy atom. The Bertz CT molecular complexity index is 772. The predicted molar refractivity (Wildman–Crippen MR) is 84.4 cm³/mol. The van der Waals surface area contributed by atoms with Crippen molar-refractivity contribution in [3.8, 4) is 5.75 Å². The largest absolute Gasteiger partial charge is 0.425 e. The number of hydrogen-bond donors (Lipinski definition) is 0. The number of halogens is 1. The first kappa shape index (κ1) is 15.1. The molecule has 0 N–H and O–H groups in total. The third-order valence-electron chi connectivity index (χ3n) is 4.15. The Balaban J connectivity index is 1.91. The molecule has 0 amide bonds. The SMILES string of the molecule is Cc1cc(=O)oc2cc(OC(=O)C3CCCCC3)c(Cl)cc12. The van der Waals surface area contributed by atoms with Crippen molar-refractivity contribution in [1.29, 1.82) is 0 Å². The maximum Gasteiger partial charge on any atom is 0.336 e. The first-order valence-electron chi connectivity index (χ1n) is 7.50. The van der Waals surface area contributed by atoms with Gasteiger partial charge in [0.1, 0.15) is 5.58 Å². The van der Waals surface area contributed by atoms with Crippen molar-refractivity contribution in [2.45, 2.75) is 39.0 Å². The molecule has 0 spiro atoms. The second kappa shape index (κ2) is 6.13. The van der Waals surface area contributed by atoms with Crippen LogP contribution in [0.1, 0.15) is 37.7 Å². The number of benzene rings is 1. The second-order valence-electron chi connectivity index (χ2n) is 5.78. The normalized spacial score (nSPS) is 15.9. The van der Waals surface area contributed by atoms with E-state index in [-0.39, 0.29) is 17.6 Å². The Morgan fingerprint density at radius 2 is 1.95 bits per heavy atom. The average molecular weight is 321 g/mol. The maximum atomic E-state index is 12.2. The van der Waals surface area contributed by atoms with Crippen LogP contribution >= 0.6 is 11.6 Å². The molecule has 1 saturated carbocycles. The molecule has 1 aliphatic carbocycles. The quantitative estimate of drug-likeness (QED) is 0.472. The summed E-state index contributed by atoms with van der Waals surface area (Å²) in [5.74, 6) is -0.0699. The van der Waals surface area contributed by atoms with Gasteiger partial charge < -0.3 is 9.15 Å². The van der Waals surface area contributed by atoms with Gasteiger partial charge >= 0.3 is 11.6 Å². The van der Waals surface area contributed by atoms with E-state index in [2.05, 4.69) is 0 Å². The first-order chi connectivity index (χ1) is 10.5. The van der Waals surface area contributed by atoms with E-state index in [0.717, 1.165) is 36.6 Å². The summed E-state index contributed by atoms with van der Waals surface area (Å²) in [7, 11) is 0. The van der Waals surface area contributed by atoms with Crippen LogP contribution in [0.5, 0.6) is 5.75 Å². The van der Waals surface area contributed by atoms with E-state index in [0.29, 0.717) is 10.6 Å². The molecule has 0 radical (unpaired) electrons. The van der Waals surface area contributed by atoms with Gasteiger partial charge in [0, 0.05) is 17.5 Å². The maximum absolute atomic E-state index is 12.2. The number of ether oxygens (including phenoxy) is 1. The van der Waals surface area contributed by atoms with Gasteiger partial charge in [0.2, 0.25) is 0 Å². The van der Waals surface area contributed by atoms with Crippen molar-refractivity contribution in [2.75, 3.05) is 0 Å². The zero-order valence-corrected chi connectivity index (χ0v) is 13.1. The molecule has 1 aromatic carbocycles. The highest BCUT2D eigenvalue weighted by atomic mass is 35.5. The van der Waals surface area contributed by atoms with Crippen LogP contribution in [-0.4, -0.2) is 5.97 Å². The summed E-state index contributed by atoms with van der Waals surface area (Å²) in [6, 6.07) is 4.60. The van der Waals surface area contributed by atoms with Crippen LogP contribution in [-0.2, 0) is 4.79 Å². The third-order valence-corrected chi connectivity index (χ3v) is 4.45. The smallest absolute Gasteiger partial charge is 0.336 e. The van der Waals surface area contributed by atoms with Crippen molar-refractivity contribution >= 4 is 28.5 Å². The number of rotatable bonds is 2. The monoisotopic (exact) mass is 320 g/mol. The molecule has 0 aliphatic heterocycles. The van der Waals surface area contributed by atoms with Crippen LogP contribution in [0, 0.1) is 12.8 Å². The Kier molecular flexibility index (Phi) is 4.21. The van der Waals surface area contributed by atoms with Gasteiger partial charge in [-0.2, -0.15) is 0 Å². The summed E-state index contributed by atoms with van der Waals surface area (Å²) < 4.78 is 10.6. The molecule has 0 saturated heterocycles. The molecule has 0 unspecified atom stereocenters. The minimum atomic E-state index is -0.433. The molecule has 5 heteroatoms. The van der Waals surface area contributed by atoms with Crippen molar-refractivity contribution in [1.82, 2.24) is 0 Å². The minimum absolute atomic E-state index is 0.0648. The fraction of sp³-hybridized carbons (Fsp3) is 0.412. The number of carbonyl (C=O) groups is 1. The minimum Gasteiger partial charge on any atom is -0.425 e. The lowest BCUT2D eigenvalue weighted by Gasteiger charge is -2.20. The molecule has 1 heterocycles. The molecule has 4 nitrogen and oxygen atoms in total. The summed E-state index contributed by atoms with van der Waals surface area (Å²) in [5, 5.41) is 1.08. The zero-order valence-electron chi connectivity index (χ0n) is 12.4. The van der Waals surface area contributed by atoms with Gasteiger partial charge in [-0.15, -0.1) is 0 Å². The van der Waals surface area contributed by atoms with Gasteiger partial charge in [0.05, 0.1) is 10.9 Å². The highest BCUT2D eigenvalue weighted by Crippen LogP contribution is 2.33. The molecular weight excluding hydrogens is 304 g/mol. The molecular formula is C17H17ClO4. The molecule has 3 rings (SSSR count). The van der Waals surface area contributed by atoms with Crippen LogP contribution in [0.25, 0.3) is 11.0 Å². The van der Waals surface area contributed by atoms with Crippen molar-refractivity contribution in [3.63, 3.8) is 0 Å². The standard InChI is InChI=1S/C17H17ClO4/c1-10-7-16(19)21-14-9-15(13(18)8-12(10)14)22-17(20)11-5-3-2-4-6-11/h7-9,11H,2-6H2,1H3. The van der Waals surface area contributed by atoms with Gasteiger partial charge in [-0.3, -0.25) is 4.79 Å². The lowest BCUT2D eigenvalue weighted by molar-refractivity contribution is -0.139.